The van der Waals surface area contributed by atoms with Crippen LogP contribution in [0.15, 0.2) is 18.3 Å². The van der Waals surface area contributed by atoms with Gasteiger partial charge in [0.2, 0.25) is 0 Å². The van der Waals surface area contributed by atoms with Gasteiger partial charge in [-0.1, -0.05) is 19.3 Å². The van der Waals surface area contributed by atoms with Crippen LogP contribution in [0.25, 0.3) is 5.65 Å². The quantitative estimate of drug-likeness (QED) is 0.932. The monoisotopic (exact) mass is 274 g/mol. The van der Waals surface area contributed by atoms with E-state index < -0.39 is 0 Å². The normalized spacial score (nSPS) is 16.7. The highest BCUT2D eigenvalue weighted by molar-refractivity contribution is 5.56. The molecule has 0 radical (unpaired) electrons. The van der Waals surface area contributed by atoms with Crippen LogP contribution in [0.4, 0.5) is 0 Å². The maximum atomic E-state index is 9.43. The number of hydrogen-bond donors (Lipinski definition) is 1. The SMILES string of the molecule is Cc1nc2c(OCC3CCCCC3)cccn2c1CO. The summed E-state index contributed by atoms with van der Waals surface area (Å²) >= 11 is 0. The van der Waals surface area contributed by atoms with Crippen LogP contribution in [-0.4, -0.2) is 21.1 Å². The van der Waals surface area contributed by atoms with Gasteiger partial charge in [-0.05, 0) is 37.8 Å². The van der Waals surface area contributed by atoms with Crippen molar-refractivity contribution >= 4 is 5.65 Å². The summed E-state index contributed by atoms with van der Waals surface area (Å²) in [7, 11) is 0. The van der Waals surface area contributed by atoms with E-state index in [1.54, 1.807) is 0 Å². The molecule has 0 aromatic carbocycles. The van der Waals surface area contributed by atoms with Crippen LogP contribution in [0.5, 0.6) is 5.75 Å². The summed E-state index contributed by atoms with van der Waals surface area (Å²) in [4.78, 5) is 4.53. The molecule has 1 saturated carbocycles. The minimum atomic E-state index is -0.000914. The third kappa shape index (κ3) is 2.52. The highest BCUT2D eigenvalue weighted by Gasteiger charge is 2.16. The first-order chi connectivity index (χ1) is 9.79. The van der Waals surface area contributed by atoms with E-state index in [0.717, 1.165) is 29.4 Å². The van der Waals surface area contributed by atoms with Gasteiger partial charge in [0, 0.05) is 6.20 Å². The zero-order chi connectivity index (χ0) is 13.9. The molecule has 0 aliphatic heterocycles. The van der Waals surface area contributed by atoms with Gasteiger partial charge in [-0.25, -0.2) is 4.98 Å². The molecule has 0 spiro atoms. The Labute approximate surface area is 119 Å². The predicted molar refractivity (Wildman–Crippen MR) is 77.9 cm³/mol. The molecule has 108 valence electrons. The van der Waals surface area contributed by atoms with E-state index in [2.05, 4.69) is 4.98 Å². The maximum absolute atomic E-state index is 9.43. The van der Waals surface area contributed by atoms with Gasteiger partial charge >= 0.3 is 0 Å². The minimum absolute atomic E-state index is 0.000914. The average molecular weight is 274 g/mol. The largest absolute Gasteiger partial charge is 0.489 e. The highest BCUT2D eigenvalue weighted by atomic mass is 16.5. The number of aromatic nitrogens is 2. The molecule has 1 aliphatic carbocycles. The number of fused-ring (bicyclic) bond motifs is 1. The molecular weight excluding hydrogens is 252 g/mol. The summed E-state index contributed by atoms with van der Waals surface area (Å²) in [6.45, 7) is 2.70. The lowest BCUT2D eigenvalue weighted by Crippen LogP contribution is -2.15. The van der Waals surface area contributed by atoms with Gasteiger partial charge < -0.3 is 9.84 Å². The second kappa shape index (κ2) is 5.83. The topological polar surface area (TPSA) is 46.8 Å². The van der Waals surface area contributed by atoms with Crippen molar-refractivity contribution in [2.24, 2.45) is 5.92 Å². The molecule has 20 heavy (non-hydrogen) atoms. The van der Waals surface area contributed by atoms with Gasteiger partial charge in [0.15, 0.2) is 11.4 Å². The Morgan fingerprint density at radius 3 is 2.90 bits per heavy atom. The van der Waals surface area contributed by atoms with Crippen molar-refractivity contribution in [3.05, 3.63) is 29.7 Å². The summed E-state index contributed by atoms with van der Waals surface area (Å²) < 4.78 is 7.93. The number of aliphatic hydroxyl groups excluding tert-OH is 1. The van der Waals surface area contributed by atoms with Crippen molar-refractivity contribution in [2.75, 3.05) is 6.61 Å². The van der Waals surface area contributed by atoms with Crippen LogP contribution in [0.3, 0.4) is 0 Å². The van der Waals surface area contributed by atoms with Crippen molar-refractivity contribution in [2.45, 2.75) is 45.6 Å². The molecule has 3 rings (SSSR count). The Bertz CT molecular complexity index is 585. The van der Waals surface area contributed by atoms with E-state index >= 15 is 0 Å². The smallest absolute Gasteiger partial charge is 0.180 e. The molecule has 1 aliphatic rings. The number of aryl methyl sites for hydroxylation is 1. The van der Waals surface area contributed by atoms with E-state index in [0.29, 0.717) is 5.92 Å². The summed E-state index contributed by atoms with van der Waals surface area (Å²) in [5.41, 5.74) is 2.51. The minimum Gasteiger partial charge on any atom is -0.489 e. The number of pyridine rings is 1. The average Bonchev–Trinajstić information content (AvgIpc) is 2.82. The van der Waals surface area contributed by atoms with E-state index in [1.165, 1.54) is 32.1 Å². The third-order valence-corrected chi connectivity index (χ3v) is 4.26. The predicted octanol–water partition coefficient (Wildman–Crippen LogP) is 3.09. The lowest BCUT2D eigenvalue weighted by molar-refractivity contribution is 0.210. The standard InChI is InChI=1S/C16H22N2O2/c1-12-14(10-19)18-9-5-8-15(16(18)17-12)20-11-13-6-3-2-4-7-13/h5,8-9,13,19H,2-4,6-7,10-11H2,1H3. The Hall–Kier alpha value is -1.55. The molecule has 0 amide bonds. The van der Waals surface area contributed by atoms with Crippen molar-refractivity contribution in [1.82, 2.24) is 9.38 Å². The zero-order valence-corrected chi connectivity index (χ0v) is 12.0. The Kier molecular flexibility index (Phi) is 3.92. The number of nitrogens with zero attached hydrogens (tertiary/aromatic N) is 2. The first-order valence-electron chi connectivity index (χ1n) is 7.50. The number of hydrogen-bond acceptors (Lipinski definition) is 3. The van der Waals surface area contributed by atoms with E-state index in [1.807, 2.05) is 29.7 Å². The summed E-state index contributed by atoms with van der Waals surface area (Å²) in [6.07, 6.45) is 8.50. The molecule has 1 N–H and O–H groups in total. The van der Waals surface area contributed by atoms with Crippen LogP contribution >= 0.6 is 0 Å². The fraction of sp³-hybridized carbons (Fsp3) is 0.562. The number of ether oxygens (including phenoxy) is 1. The van der Waals surface area contributed by atoms with E-state index in [4.69, 9.17) is 4.74 Å². The van der Waals surface area contributed by atoms with Crippen LogP contribution in [0.1, 0.15) is 43.5 Å². The lowest BCUT2D eigenvalue weighted by atomic mass is 9.90. The second-order valence-electron chi connectivity index (χ2n) is 5.68. The van der Waals surface area contributed by atoms with Crippen molar-refractivity contribution in [3.63, 3.8) is 0 Å². The first kappa shape index (κ1) is 13.4. The molecule has 0 bridgehead atoms. The van der Waals surface area contributed by atoms with Crippen molar-refractivity contribution < 1.29 is 9.84 Å². The first-order valence-corrected chi connectivity index (χ1v) is 7.50. The summed E-state index contributed by atoms with van der Waals surface area (Å²) in [5, 5.41) is 9.43. The van der Waals surface area contributed by atoms with E-state index in [-0.39, 0.29) is 6.61 Å². The fourth-order valence-electron chi connectivity index (χ4n) is 3.07. The number of rotatable bonds is 4. The third-order valence-electron chi connectivity index (χ3n) is 4.26. The molecule has 0 saturated heterocycles. The molecule has 2 heterocycles. The second-order valence-corrected chi connectivity index (χ2v) is 5.68. The molecule has 4 heteroatoms. The van der Waals surface area contributed by atoms with Gasteiger partial charge in [-0.15, -0.1) is 0 Å². The van der Waals surface area contributed by atoms with Gasteiger partial charge in [0.05, 0.1) is 24.6 Å². The zero-order valence-electron chi connectivity index (χ0n) is 12.0. The van der Waals surface area contributed by atoms with Crippen LogP contribution in [0, 0.1) is 12.8 Å². The van der Waals surface area contributed by atoms with Crippen LogP contribution in [-0.2, 0) is 6.61 Å². The van der Waals surface area contributed by atoms with Gasteiger partial charge in [-0.2, -0.15) is 0 Å². The number of aliphatic hydroxyl groups is 1. The molecule has 0 unspecified atom stereocenters. The Morgan fingerprint density at radius 2 is 2.15 bits per heavy atom. The van der Waals surface area contributed by atoms with Crippen LogP contribution in [0.2, 0.25) is 0 Å². The maximum Gasteiger partial charge on any atom is 0.180 e. The molecule has 2 aromatic rings. The number of imidazole rings is 1. The molecule has 2 aromatic heterocycles. The van der Waals surface area contributed by atoms with E-state index in [9.17, 15) is 5.11 Å². The van der Waals surface area contributed by atoms with Crippen LogP contribution < -0.4 is 4.74 Å². The summed E-state index contributed by atoms with van der Waals surface area (Å²) in [5.74, 6) is 1.50. The van der Waals surface area contributed by atoms with Gasteiger partial charge in [-0.3, -0.25) is 4.40 Å². The van der Waals surface area contributed by atoms with Gasteiger partial charge in [0.1, 0.15) is 0 Å². The van der Waals surface area contributed by atoms with Crippen molar-refractivity contribution in [1.29, 1.82) is 0 Å². The lowest BCUT2D eigenvalue weighted by Gasteiger charge is -2.21. The molecule has 4 nitrogen and oxygen atoms in total. The Balaban J connectivity index is 1.80. The fourth-order valence-corrected chi connectivity index (χ4v) is 3.07. The van der Waals surface area contributed by atoms with Crippen molar-refractivity contribution in [3.8, 4) is 5.75 Å². The van der Waals surface area contributed by atoms with Gasteiger partial charge in [0.25, 0.3) is 0 Å². The highest BCUT2D eigenvalue weighted by Crippen LogP contribution is 2.26. The molecular formula is C16H22N2O2. The molecule has 0 atom stereocenters. The Morgan fingerprint density at radius 1 is 1.35 bits per heavy atom. The summed E-state index contributed by atoms with van der Waals surface area (Å²) in [6, 6.07) is 3.91. The molecule has 1 fully saturated rings.